The van der Waals surface area contributed by atoms with Gasteiger partial charge in [-0.3, -0.25) is 0 Å². The predicted molar refractivity (Wildman–Crippen MR) is 56.3 cm³/mol. The number of pyridine rings is 1. The number of nitrogens with one attached hydrogen (secondary N) is 1. The topological polar surface area (TPSA) is 28.2 Å². The number of nitrogens with zero attached hydrogens (tertiary/aromatic N) is 2. The van der Waals surface area contributed by atoms with E-state index in [-0.39, 0.29) is 0 Å². The molecule has 0 saturated carbocycles. The molecule has 0 amide bonds. The van der Waals surface area contributed by atoms with Gasteiger partial charge in [0.05, 0.1) is 11.9 Å². The highest BCUT2D eigenvalue weighted by Gasteiger charge is 2.35. The lowest BCUT2D eigenvalue weighted by Crippen LogP contribution is -2.39. The van der Waals surface area contributed by atoms with Crippen LogP contribution in [0, 0.1) is 11.9 Å². The van der Waals surface area contributed by atoms with Crippen LogP contribution < -0.4 is 10.2 Å². The van der Waals surface area contributed by atoms with E-state index in [4.69, 9.17) is 0 Å². The van der Waals surface area contributed by atoms with E-state index in [1.165, 1.54) is 12.5 Å². The Bertz CT molecular complexity index is 351. The van der Waals surface area contributed by atoms with E-state index in [9.17, 15) is 4.39 Å². The average Bonchev–Trinajstić information content (AvgIpc) is 2.55. The highest BCUT2D eigenvalue weighted by Crippen LogP contribution is 2.30. The number of aromatic nitrogens is 1. The zero-order valence-electron chi connectivity index (χ0n) is 8.49. The Morgan fingerprint density at radius 1 is 1.40 bits per heavy atom. The summed E-state index contributed by atoms with van der Waals surface area (Å²) in [6.45, 7) is 3.22. The molecule has 3 heterocycles. The Balaban J connectivity index is 1.85. The third-order valence-electron chi connectivity index (χ3n) is 3.36. The van der Waals surface area contributed by atoms with Gasteiger partial charge in [0, 0.05) is 19.1 Å². The van der Waals surface area contributed by atoms with Crippen molar-refractivity contribution in [1.82, 2.24) is 10.3 Å². The molecule has 2 saturated heterocycles. The van der Waals surface area contributed by atoms with Crippen LogP contribution >= 0.6 is 0 Å². The molecule has 0 spiro atoms. The summed E-state index contributed by atoms with van der Waals surface area (Å²) in [6, 6.07) is 3.82. The number of hydrogen-bond donors (Lipinski definition) is 1. The SMILES string of the molecule is Fc1ccc(N2C[C@H]3CNC[C@H]2C3)cn1. The standard InChI is InChI=1S/C11H14FN3/c12-11-2-1-9(6-14-11)15-7-8-3-10(15)5-13-4-8/h1-2,6,8,10,13H,3-5,7H2/t8-,10-/m1/s1. The smallest absolute Gasteiger partial charge is 0.212 e. The van der Waals surface area contributed by atoms with Crippen LogP contribution in [0.1, 0.15) is 6.42 Å². The van der Waals surface area contributed by atoms with Crippen LogP contribution in [0.5, 0.6) is 0 Å². The lowest BCUT2D eigenvalue weighted by atomic mass is 10.0. The average molecular weight is 207 g/mol. The zero-order valence-corrected chi connectivity index (χ0v) is 8.49. The molecule has 1 aromatic rings. The fourth-order valence-electron chi connectivity index (χ4n) is 2.66. The number of anilines is 1. The third-order valence-corrected chi connectivity index (χ3v) is 3.36. The summed E-state index contributed by atoms with van der Waals surface area (Å²) in [4.78, 5) is 6.05. The first kappa shape index (κ1) is 9.09. The van der Waals surface area contributed by atoms with E-state index in [2.05, 4.69) is 15.2 Å². The van der Waals surface area contributed by atoms with Crippen molar-refractivity contribution in [2.24, 2.45) is 5.92 Å². The van der Waals surface area contributed by atoms with Crippen molar-refractivity contribution >= 4 is 5.69 Å². The van der Waals surface area contributed by atoms with Crippen molar-refractivity contribution in [2.45, 2.75) is 12.5 Å². The van der Waals surface area contributed by atoms with Crippen LogP contribution in [0.2, 0.25) is 0 Å². The Morgan fingerprint density at radius 3 is 3.07 bits per heavy atom. The van der Waals surface area contributed by atoms with E-state index < -0.39 is 5.95 Å². The van der Waals surface area contributed by atoms with Crippen LogP contribution in [-0.4, -0.2) is 30.7 Å². The molecule has 0 aliphatic carbocycles. The maximum atomic E-state index is 12.7. The lowest BCUT2D eigenvalue weighted by molar-refractivity contribution is 0.434. The van der Waals surface area contributed by atoms with Crippen LogP contribution in [-0.2, 0) is 0 Å². The second-order valence-electron chi connectivity index (χ2n) is 4.41. The fourth-order valence-corrected chi connectivity index (χ4v) is 2.66. The van der Waals surface area contributed by atoms with Gasteiger partial charge in [0.1, 0.15) is 0 Å². The van der Waals surface area contributed by atoms with Crippen molar-refractivity contribution < 1.29 is 4.39 Å². The molecule has 15 heavy (non-hydrogen) atoms. The Kier molecular flexibility index (Phi) is 2.09. The molecule has 4 heteroatoms. The molecular formula is C11H14FN3. The third kappa shape index (κ3) is 1.59. The summed E-state index contributed by atoms with van der Waals surface area (Å²) >= 11 is 0. The lowest BCUT2D eigenvalue weighted by Gasteiger charge is -2.26. The number of hydrogen-bond acceptors (Lipinski definition) is 3. The first-order chi connectivity index (χ1) is 7.33. The molecule has 2 aliphatic heterocycles. The van der Waals surface area contributed by atoms with Gasteiger partial charge >= 0.3 is 0 Å². The molecule has 0 radical (unpaired) electrons. The molecule has 80 valence electrons. The number of rotatable bonds is 1. The fraction of sp³-hybridized carbons (Fsp3) is 0.545. The van der Waals surface area contributed by atoms with Crippen molar-refractivity contribution in [2.75, 3.05) is 24.5 Å². The van der Waals surface area contributed by atoms with Gasteiger partial charge in [-0.15, -0.1) is 0 Å². The second kappa shape index (κ2) is 3.45. The summed E-state index contributed by atoms with van der Waals surface area (Å²) in [5.74, 6) is 0.341. The van der Waals surface area contributed by atoms with Crippen LogP contribution in [0.4, 0.5) is 10.1 Å². The Labute approximate surface area is 88.3 Å². The Hall–Kier alpha value is -1.16. The van der Waals surface area contributed by atoms with E-state index in [0.29, 0.717) is 6.04 Å². The summed E-state index contributed by atoms with van der Waals surface area (Å²) in [7, 11) is 0. The van der Waals surface area contributed by atoms with Gasteiger partial charge in [-0.25, -0.2) is 4.98 Å². The Morgan fingerprint density at radius 2 is 2.33 bits per heavy atom. The highest BCUT2D eigenvalue weighted by atomic mass is 19.1. The van der Waals surface area contributed by atoms with Gasteiger partial charge in [-0.1, -0.05) is 0 Å². The minimum Gasteiger partial charge on any atom is -0.366 e. The normalized spacial score (nSPS) is 29.5. The van der Waals surface area contributed by atoms with Gasteiger partial charge < -0.3 is 10.2 Å². The molecule has 2 bridgehead atoms. The summed E-state index contributed by atoms with van der Waals surface area (Å²) < 4.78 is 12.7. The first-order valence-electron chi connectivity index (χ1n) is 5.42. The second-order valence-corrected chi connectivity index (χ2v) is 4.41. The maximum Gasteiger partial charge on any atom is 0.212 e. The zero-order chi connectivity index (χ0) is 10.3. The molecule has 2 atom stereocenters. The number of fused-ring (bicyclic) bond motifs is 2. The minimum atomic E-state index is -0.404. The van der Waals surface area contributed by atoms with Gasteiger partial charge in [0.15, 0.2) is 0 Å². The molecule has 1 aromatic heterocycles. The van der Waals surface area contributed by atoms with Crippen LogP contribution in [0.15, 0.2) is 18.3 Å². The van der Waals surface area contributed by atoms with E-state index in [1.807, 2.05) is 6.07 Å². The molecule has 3 rings (SSSR count). The molecule has 0 aromatic carbocycles. The van der Waals surface area contributed by atoms with Crippen molar-refractivity contribution in [3.8, 4) is 0 Å². The molecule has 3 nitrogen and oxygen atoms in total. The van der Waals surface area contributed by atoms with Crippen LogP contribution in [0.3, 0.4) is 0 Å². The minimum absolute atomic E-state index is 0.404. The maximum absolute atomic E-state index is 12.7. The number of piperidine rings is 1. The monoisotopic (exact) mass is 207 g/mol. The molecule has 2 aliphatic rings. The largest absolute Gasteiger partial charge is 0.366 e. The molecule has 2 fully saturated rings. The highest BCUT2D eigenvalue weighted by molar-refractivity contribution is 5.47. The predicted octanol–water partition coefficient (Wildman–Crippen LogP) is 1.02. The molecule has 1 N–H and O–H groups in total. The van der Waals surface area contributed by atoms with Gasteiger partial charge in [-0.05, 0) is 31.0 Å². The number of halogens is 1. The quantitative estimate of drug-likeness (QED) is 0.697. The molecule has 0 unspecified atom stereocenters. The molecular weight excluding hydrogens is 193 g/mol. The summed E-state index contributed by atoms with van der Waals surface area (Å²) in [5, 5.41) is 3.42. The van der Waals surface area contributed by atoms with Gasteiger partial charge in [-0.2, -0.15) is 4.39 Å². The van der Waals surface area contributed by atoms with Crippen molar-refractivity contribution in [1.29, 1.82) is 0 Å². The van der Waals surface area contributed by atoms with E-state index in [1.54, 1.807) is 6.20 Å². The van der Waals surface area contributed by atoms with Gasteiger partial charge in [0.25, 0.3) is 0 Å². The van der Waals surface area contributed by atoms with Crippen LogP contribution in [0.25, 0.3) is 0 Å². The summed E-state index contributed by atoms with van der Waals surface area (Å²) in [5.41, 5.74) is 1.05. The van der Waals surface area contributed by atoms with Crippen molar-refractivity contribution in [3.05, 3.63) is 24.3 Å². The van der Waals surface area contributed by atoms with E-state index in [0.717, 1.165) is 31.2 Å². The van der Waals surface area contributed by atoms with Crippen molar-refractivity contribution in [3.63, 3.8) is 0 Å². The van der Waals surface area contributed by atoms with Gasteiger partial charge in [0.2, 0.25) is 5.95 Å². The van der Waals surface area contributed by atoms with E-state index >= 15 is 0 Å². The first-order valence-corrected chi connectivity index (χ1v) is 5.42. The summed E-state index contributed by atoms with van der Waals surface area (Å²) in [6.07, 6.45) is 2.89.